The number of hydrogen-bond acceptors (Lipinski definition) is 2. The standard InChI is InChI=1S/C12H14BrFN2O/c1-7-5-15-6-9(7)12(17)16-11-3-2-8(13)4-10(11)14/h2-4,7,9,15H,5-6H2,1H3,(H,16,17). The summed E-state index contributed by atoms with van der Waals surface area (Å²) in [5, 5.41) is 5.79. The zero-order valence-electron chi connectivity index (χ0n) is 9.47. The topological polar surface area (TPSA) is 41.1 Å². The Balaban J connectivity index is 2.07. The van der Waals surface area contributed by atoms with Crippen LogP contribution in [0.4, 0.5) is 10.1 Å². The van der Waals surface area contributed by atoms with Crippen LogP contribution in [0, 0.1) is 17.7 Å². The van der Waals surface area contributed by atoms with Crippen molar-refractivity contribution in [1.82, 2.24) is 5.32 Å². The van der Waals surface area contributed by atoms with Crippen LogP contribution in [0.3, 0.4) is 0 Å². The Labute approximate surface area is 108 Å². The van der Waals surface area contributed by atoms with E-state index in [0.29, 0.717) is 11.0 Å². The summed E-state index contributed by atoms with van der Waals surface area (Å²) >= 11 is 3.18. The van der Waals surface area contributed by atoms with E-state index in [1.807, 2.05) is 6.92 Å². The lowest BCUT2D eigenvalue weighted by Gasteiger charge is -2.14. The van der Waals surface area contributed by atoms with E-state index in [1.54, 1.807) is 12.1 Å². The van der Waals surface area contributed by atoms with Gasteiger partial charge in [-0.1, -0.05) is 22.9 Å². The molecule has 1 aromatic rings. The number of carbonyl (C=O) groups excluding carboxylic acids is 1. The Morgan fingerprint density at radius 1 is 1.53 bits per heavy atom. The van der Waals surface area contributed by atoms with E-state index in [0.717, 1.165) is 6.54 Å². The molecule has 0 radical (unpaired) electrons. The molecule has 2 N–H and O–H groups in total. The number of rotatable bonds is 2. The van der Waals surface area contributed by atoms with Crippen LogP contribution in [-0.2, 0) is 4.79 Å². The molecule has 3 nitrogen and oxygen atoms in total. The van der Waals surface area contributed by atoms with Crippen molar-refractivity contribution >= 4 is 27.5 Å². The molecular formula is C12H14BrFN2O. The maximum absolute atomic E-state index is 13.5. The number of hydrogen-bond donors (Lipinski definition) is 2. The Hall–Kier alpha value is -0.940. The molecule has 0 aromatic heterocycles. The van der Waals surface area contributed by atoms with Gasteiger partial charge in [0, 0.05) is 11.0 Å². The molecule has 2 rings (SSSR count). The zero-order chi connectivity index (χ0) is 12.4. The fourth-order valence-corrected chi connectivity index (χ4v) is 2.31. The number of anilines is 1. The van der Waals surface area contributed by atoms with Crippen LogP contribution >= 0.6 is 15.9 Å². The van der Waals surface area contributed by atoms with Gasteiger partial charge < -0.3 is 10.6 Å². The molecule has 1 aliphatic heterocycles. The quantitative estimate of drug-likeness (QED) is 0.880. The first-order valence-corrected chi connectivity index (χ1v) is 6.34. The van der Waals surface area contributed by atoms with Gasteiger partial charge in [-0.05, 0) is 30.7 Å². The second-order valence-corrected chi connectivity index (χ2v) is 5.27. The fourth-order valence-electron chi connectivity index (χ4n) is 1.98. The van der Waals surface area contributed by atoms with Crippen LogP contribution in [0.15, 0.2) is 22.7 Å². The zero-order valence-corrected chi connectivity index (χ0v) is 11.1. The number of benzene rings is 1. The molecule has 0 spiro atoms. The van der Waals surface area contributed by atoms with Crippen molar-refractivity contribution in [2.24, 2.45) is 11.8 Å². The summed E-state index contributed by atoms with van der Waals surface area (Å²) in [7, 11) is 0. The number of halogens is 2. The largest absolute Gasteiger partial charge is 0.323 e. The molecule has 0 aliphatic carbocycles. The Kier molecular flexibility index (Phi) is 3.79. The van der Waals surface area contributed by atoms with Gasteiger partial charge in [0.25, 0.3) is 0 Å². The predicted molar refractivity (Wildman–Crippen MR) is 68.3 cm³/mol. The van der Waals surface area contributed by atoms with Crippen molar-refractivity contribution in [1.29, 1.82) is 0 Å². The van der Waals surface area contributed by atoms with E-state index in [4.69, 9.17) is 0 Å². The van der Waals surface area contributed by atoms with Gasteiger partial charge in [-0.3, -0.25) is 4.79 Å². The molecule has 17 heavy (non-hydrogen) atoms. The number of carbonyl (C=O) groups is 1. The van der Waals surface area contributed by atoms with E-state index in [2.05, 4.69) is 26.6 Å². The third-order valence-electron chi connectivity index (χ3n) is 3.04. The van der Waals surface area contributed by atoms with E-state index in [1.165, 1.54) is 6.07 Å². The molecule has 1 saturated heterocycles. The Morgan fingerprint density at radius 3 is 2.88 bits per heavy atom. The highest BCUT2D eigenvalue weighted by Crippen LogP contribution is 2.22. The molecule has 2 atom stereocenters. The van der Waals surface area contributed by atoms with E-state index in [-0.39, 0.29) is 23.4 Å². The molecule has 1 aliphatic rings. The SMILES string of the molecule is CC1CNCC1C(=O)Nc1ccc(Br)cc1F. The van der Waals surface area contributed by atoms with Crippen LogP contribution in [-0.4, -0.2) is 19.0 Å². The van der Waals surface area contributed by atoms with Gasteiger partial charge in [-0.25, -0.2) is 4.39 Å². The summed E-state index contributed by atoms with van der Waals surface area (Å²) in [6, 6.07) is 4.60. The molecule has 92 valence electrons. The van der Waals surface area contributed by atoms with Crippen molar-refractivity contribution in [3.8, 4) is 0 Å². The third kappa shape index (κ3) is 2.84. The first-order chi connectivity index (χ1) is 8.08. The predicted octanol–water partition coefficient (Wildman–Crippen LogP) is 2.38. The van der Waals surface area contributed by atoms with E-state index >= 15 is 0 Å². The first-order valence-electron chi connectivity index (χ1n) is 5.54. The highest BCUT2D eigenvalue weighted by molar-refractivity contribution is 9.10. The molecule has 1 amide bonds. The molecule has 0 bridgehead atoms. The van der Waals surface area contributed by atoms with Crippen molar-refractivity contribution in [3.05, 3.63) is 28.5 Å². The summed E-state index contributed by atoms with van der Waals surface area (Å²) < 4.78 is 14.2. The minimum Gasteiger partial charge on any atom is -0.323 e. The van der Waals surface area contributed by atoms with Crippen LogP contribution < -0.4 is 10.6 Å². The maximum Gasteiger partial charge on any atom is 0.229 e. The maximum atomic E-state index is 13.5. The fraction of sp³-hybridized carbons (Fsp3) is 0.417. The lowest BCUT2D eigenvalue weighted by molar-refractivity contribution is -0.120. The Morgan fingerprint density at radius 2 is 2.29 bits per heavy atom. The normalized spacial score (nSPS) is 23.7. The minimum atomic E-state index is -0.425. The molecule has 1 aromatic carbocycles. The van der Waals surface area contributed by atoms with Crippen LogP contribution in [0.2, 0.25) is 0 Å². The van der Waals surface area contributed by atoms with Gasteiger partial charge in [0.05, 0.1) is 11.6 Å². The molecular weight excluding hydrogens is 287 g/mol. The monoisotopic (exact) mass is 300 g/mol. The summed E-state index contributed by atoms with van der Waals surface area (Å²) in [5.74, 6) is -0.346. The summed E-state index contributed by atoms with van der Waals surface area (Å²) in [6.45, 7) is 3.51. The lowest BCUT2D eigenvalue weighted by atomic mass is 9.97. The van der Waals surface area contributed by atoms with Gasteiger partial charge in [-0.15, -0.1) is 0 Å². The van der Waals surface area contributed by atoms with E-state index < -0.39 is 5.82 Å². The van der Waals surface area contributed by atoms with Gasteiger partial charge in [-0.2, -0.15) is 0 Å². The average molecular weight is 301 g/mol. The van der Waals surface area contributed by atoms with Crippen molar-refractivity contribution in [2.75, 3.05) is 18.4 Å². The number of amides is 1. The molecule has 1 fully saturated rings. The average Bonchev–Trinajstić information content (AvgIpc) is 2.68. The van der Waals surface area contributed by atoms with Crippen LogP contribution in [0.25, 0.3) is 0 Å². The highest BCUT2D eigenvalue weighted by Gasteiger charge is 2.29. The Bertz CT molecular complexity index is 439. The summed E-state index contributed by atoms with van der Waals surface area (Å²) in [6.07, 6.45) is 0. The molecule has 5 heteroatoms. The van der Waals surface area contributed by atoms with Crippen molar-refractivity contribution in [2.45, 2.75) is 6.92 Å². The third-order valence-corrected chi connectivity index (χ3v) is 3.54. The van der Waals surface area contributed by atoms with Crippen LogP contribution in [0.1, 0.15) is 6.92 Å². The smallest absolute Gasteiger partial charge is 0.229 e. The lowest BCUT2D eigenvalue weighted by Crippen LogP contribution is -2.28. The summed E-state index contributed by atoms with van der Waals surface area (Å²) in [5.41, 5.74) is 0.234. The molecule has 1 heterocycles. The molecule has 2 unspecified atom stereocenters. The van der Waals surface area contributed by atoms with Gasteiger partial charge in [0.15, 0.2) is 0 Å². The van der Waals surface area contributed by atoms with Gasteiger partial charge in [0.1, 0.15) is 5.82 Å². The van der Waals surface area contributed by atoms with Crippen LogP contribution in [0.5, 0.6) is 0 Å². The second kappa shape index (κ2) is 5.14. The molecule has 0 saturated carbocycles. The van der Waals surface area contributed by atoms with Crippen molar-refractivity contribution in [3.63, 3.8) is 0 Å². The summed E-state index contributed by atoms with van der Waals surface area (Å²) in [4.78, 5) is 11.9. The second-order valence-electron chi connectivity index (χ2n) is 4.36. The minimum absolute atomic E-state index is 0.0851. The number of nitrogens with one attached hydrogen (secondary N) is 2. The van der Waals surface area contributed by atoms with E-state index in [9.17, 15) is 9.18 Å². The first kappa shape index (κ1) is 12.5. The van der Waals surface area contributed by atoms with Gasteiger partial charge in [0.2, 0.25) is 5.91 Å². The highest BCUT2D eigenvalue weighted by atomic mass is 79.9. The van der Waals surface area contributed by atoms with Gasteiger partial charge >= 0.3 is 0 Å². The van der Waals surface area contributed by atoms with Crippen molar-refractivity contribution < 1.29 is 9.18 Å².